The van der Waals surface area contributed by atoms with Crippen LogP contribution in [0, 0.1) is 0 Å². The van der Waals surface area contributed by atoms with Crippen LogP contribution in [0.25, 0.3) is 10.1 Å². The van der Waals surface area contributed by atoms with E-state index in [1.165, 1.54) is 18.2 Å². The van der Waals surface area contributed by atoms with Crippen LogP contribution in [-0.4, -0.2) is 13.5 Å². The minimum absolute atomic E-state index is 0.00298. The molecule has 0 fully saturated rings. The molecule has 3 rings (SSSR count). The zero-order chi connectivity index (χ0) is 15.0. The number of nitrogens with two attached hydrogens (primary N) is 1. The van der Waals surface area contributed by atoms with Crippen LogP contribution >= 0.6 is 11.3 Å². The third-order valence-corrected chi connectivity index (χ3v) is 5.29. The molecule has 2 aromatic carbocycles. The van der Waals surface area contributed by atoms with E-state index in [-0.39, 0.29) is 16.3 Å². The van der Waals surface area contributed by atoms with E-state index in [0.29, 0.717) is 5.69 Å². The highest BCUT2D eigenvalue weighted by atomic mass is 32.2. The van der Waals surface area contributed by atoms with Gasteiger partial charge in [0, 0.05) is 10.4 Å². The molecule has 0 atom stereocenters. The molecule has 0 aliphatic heterocycles. The second-order valence-electron chi connectivity index (χ2n) is 4.50. The Morgan fingerprint density at radius 3 is 2.67 bits per heavy atom. The molecule has 0 bridgehead atoms. The normalized spacial score (nSPS) is 11.6. The highest BCUT2D eigenvalue weighted by Gasteiger charge is 2.15. The Labute approximate surface area is 125 Å². The molecule has 0 aliphatic carbocycles. The number of hydrogen-bond acceptors (Lipinski definition) is 5. The fourth-order valence-electron chi connectivity index (χ4n) is 1.94. The minimum atomic E-state index is -3.74. The van der Waals surface area contributed by atoms with Crippen molar-refractivity contribution in [3.63, 3.8) is 0 Å². The van der Waals surface area contributed by atoms with Crippen LogP contribution in [0.3, 0.4) is 0 Å². The van der Waals surface area contributed by atoms with Gasteiger partial charge in [-0.1, -0.05) is 0 Å². The third kappa shape index (κ3) is 2.65. The van der Waals surface area contributed by atoms with E-state index in [4.69, 9.17) is 5.73 Å². The molecule has 0 amide bonds. The summed E-state index contributed by atoms with van der Waals surface area (Å²) in [5.74, 6) is -0.145. The van der Waals surface area contributed by atoms with E-state index in [2.05, 4.69) is 4.72 Å². The second-order valence-corrected chi connectivity index (χ2v) is 7.13. The van der Waals surface area contributed by atoms with Crippen LogP contribution < -0.4 is 10.5 Å². The van der Waals surface area contributed by atoms with Gasteiger partial charge in [0.2, 0.25) is 0 Å². The number of aromatic hydroxyl groups is 1. The lowest BCUT2D eigenvalue weighted by molar-refractivity contribution is 0.477. The van der Waals surface area contributed by atoms with Crippen molar-refractivity contribution in [1.29, 1.82) is 0 Å². The summed E-state index contributed by atoms with van der Waals surface area (Å²) in [4.78, 5) is 0.00298. The molecule has 3 aromatic rings. The number of phenolic OH excluding ortho intramolecular Hbond substituents is 1. The average molecular weight is 320 g/mol. The smallest absolute Gasteiger partial charge is 0.261 e. The van der Waals surface area contributed by atoms with E-state index in [9.17, 15) is 13.5 Å². The van der Waals surface area contributed by atoms with Crippen LogP contribution in [0.15, 0.2) is 52.7 Å². The molecular weight excluding hydrogens is 308 g/mol. The molecule has 0 unspecified atom stereocenters. The van der Waals surface area contributed by atoms with E-state index in [1.807, 2.05) is 17.5 Å². The zero-order valence-electron chi connectivity index (χ0n) is 10.8. The average Bonchev–Trinajstić information content (AvgIpc) is 2.88. The van der Waals surface area contributed by atoms with Crippen molar-refractivity contribution in [2.45, 2.75) is 4.90 Å². The number of nitrogen functional groups attached to an aromatic ring is 1. The molecule has 7 heteroatoms. The van der Waals surface area contributed by atoms with Crippen LogP contribution in [0.2, 0.25) is 0 Å². The summed E-state index contributed by atoms with van der Waals surface area (Å²) >= 11 is 1.59. The largest absolute Gasteiger partial charge is 0.506 e. The highest BCUT2D eigenvalue weighted by molar-refractivity contribution is 7.92. The van der Waals surface area contributed by atoms with Crippen LogP contribution in [0.4, 0.5) is 11.4 Å². The van der Waals surface area contributed by atoms with Crippen molar-refractivity contribution < 1.29 is 13.5 Å². The van der Waals surface area contributed by atoms with Gasteiger partial charge < -0.3 is 10.8 Å². The molecule has 0 aliphatic rings. The number of thiophene rings is 1. The monoisotopic (exact) mass is 320 g/mol. The van der Waals surface area contributed by atoms with Crippen molar-refractivity contribution in [2.75, 3.05) is 10.5 Å². The number of nitrogens with one attached hydrogen (secondary N) is 1. The van der Waals surface area contributed by atoms with Gasteiger partial charge in [-0.25, -0.2) is 8.42 Å². The molecule has 1 heterocycles. The maximum absolute atomic E-state index is 12.3. The lowest BCUT2D eigenvalue weighted by Gasteiger charge is -2.09. The number of fused-ring (bicyclic) bond motifs is 1. The first kappa shape index (κ1) is 13.7. The quantitative estimate of drug-likeness (QED) is 0.511. The first-order chi connectivity index (χ1) is 9.95. The summed E-state index contributed by atoms with van der Waals surface area (Å²) in [6.45, 7) is 0. The molecule has 5 nitrogen and oxygen atoms in total. The fraction of sp³-hybridized carbons (Fsp3) is 0. The van der Waals surface area contributed by atoms with Crippen LogP contribution in [-0.2, 0) is 10.0 Å². The summed E-state index contributed by atoms with van der Waals surface area (Å²) in [7, 11) is -3.74. The molecule has 0 saturated carbocycles. The summed E-state index contributed by atoms with van der Waals surface area (Å²) < 4.78 is 28.2. The molecule has 0 spiro atoms. The molecule has 0 radical (unpaired) electrons. The molecule has 0 saturated heterocycles. The van der Waals surface area contributed by atoms with Gasteiger partial charge in [-0.05, 0) is 53.2 Å². The van der Waals surface area contributed by atoms with Crippen molar-refractivity contribution in [1.82, 2.24) is 0 Å². The maximum Gasteiger partial charge on any atom is 0.261 e. The maximum atomic E-state index is 12.3. The van der Waals surface area contributed by atoms with Crippen molar-refractivity contribution in [3.05, 3.63) is 47.8 Å². The summed E-state index contributed by atoms with van der Waals surface area (Å²) in [6.07, 6.45) is 0. The van der Waals surface area contributed by atoms with Gasteiger partial charge in [0.15, 0.2) is 0 Å². The van der Waals surface area contributed by atoms with Crippen LogP contribution in [0.1, 0.15) is 0 Å². The van der Waals surface area contributed by atoms with Gasteiger partial charge in [0.1, 0.15) is 5.75 Å². The number of hydrogen-bond donors (Lipinski definition) is 3. The molecule has 108 valence electrons. The van der Waals surface area contributed by atoms with Crippen molar-refractivity contribution in [3.8, 4) is 5.75 Å². The molecule has 4 N–H and O–H groups in total. The third-order valence-electron chi connectivity index (χ3n) is 3.01. The Bertz CT molecular complexity index is 917. The Kier molecular flexibility index (Phi) is 3.23. The van der Waals surface area contributed by atoms with E-state index >= 15 is 0 Å². The Morgan fingerprint density at radius 1 is 1.10 bits per heavy atom. The molecular formula is C14H12N2O3S2. The lowest BCUT2D eigenvalue weighted by atomic mass is 10.2. The summed E-state index contributed by atoms with van der Waals surface area (Å²) in [5.41, 5.74) is 6.03. The van der Waals surface area contributed by atoms with Gasteiger partial charge in [-0.3, -0.25) is 4.72 Å². The number of benzene rings is 2. The SMILES string of the molecule is Nc1cc(S(=O)(=O)Nc2ccc3sccc3c2)ccc1O. The number of sulfonamides is 1. The van der Waals surface area contributed by atoms with Crippen molar-refractivity contribution >= 4 is 42.8 Å². The van der Waals surface area contributed by atoms with Gasteiger partial charge in [-0.15, -0.1) is 11.3 Å². The standard InChI is InChI=1S/C14H12N2O3S2/c15-12-8-11(2-3-13(12)17)21(18,19)16-10-1-4-14-9(7-10)5-6-20-14/h1-8,16-17H,15H2. The van der Waals surface area contributed by atoms with Gasteiger partial charge in [0.25, 0.3) is 10.0 Å². The second kappa shape index (κ2) is 4.94. The van der Waals surface area contributed by atoms with Gasteiger partial charge in [0.05, 0.1) is 10.6 Å². The predicted molar refractivity (Wildman–Crippen MR) is 85.2 cm³/mol. The van der Waals surface area contributed by atoms with E-state index in [1.54, 1.807) is 23.5 Å². The van der Waals surface area contributed by atoms with Crippen LogP contribution in [0.5, 0.6) is 5.75 Å². The lowest BCUT2D eigenvalue weighted by Crippen LogP contribution is -2.13. The van der Waals surface area contributed by atoms with Gasteiger partial charge >= 0.3 is 0 Å². The van der Waals surface area contributed by atoms with Crippen molar-refractivity contribution in [2.24, 2.45) is 0 Å². The summed E-state index contributed by atoms with van der Waals surface area (Å²) in [5, 5.41) is 12.3. The molecule has 1 aromatic heterocycles. The first-order valence-corrected chi connectivity index (χ1v) is 8.40. The van der Waals surface area contributed by atoms with E-state index < -0.39 is 10.0 Å². The first-order valence-electron chi connectivity index (χ1n) is 6.04. The number of rotatable bonds is 3. The number of phenols is 1. The summed E-state index contributed by atoms with van der Waals surface area (Å²) in [6, 6.07) is 11.1. The predicted octanol–water partition coefficient (Wildman–Crippen LogP) is 2.99. The van der Waals surface area contributed by atoms with Gasteiger partial charge in [-0.2, -0.15) is 0 Å². The topological polar surface area (TPSA) is 92.4 Å². The fourth-order valence-corrected chi connectivity index (χ4v) is 3.80. The zero-order valence-corrected chi connectivity index (χ0v) is 12.4. The Morgan fingerprint density at radius 2 is 1.90 bits per heavy atom. The highest BCUT2D eigenvalue weighted by Crippen LogP contribution is 2.27. The Balaban J connectivity index is 1.96. The van der Waals surface area contributed by atoms with E-state index in [0.717, 1.165) is 10.1 Å². The molecule has 21 heavy (non-hydrogen) atoms. The Hall–Kier alpha value is -2.25. The number of anilines is 2. The minimum Gasteiger partial charge on any atom is -0.506 e.